The number of hydrogen-bond acceptors (Lipinski definition) is 6. The van der Waals surface area contributed by atoms with E-state index >= 15 is 0 Å². The Labute approximate surface area is 223 Å². The first kappa shape index (κ1) is 29.1. The van der Waals surface area contributed by atoms with Crippen molar-refractivity contribution in [3.8, 4) is 16.9 Å². The fourth-order valence-electron chi connectivity index (χ4n) is 4.01. The van der Waals surface area contributed by atoms with E-state index in [1.54, 1.807) is 19.1 Å². The van der Waals surface area contributed by atoms with Crippen molar-refractivity contribution in [2.75, 3.05) is 19.4 Å². The molecule has 0 radical (unpaired) electrons. The van der Waals surface area contributed by atoms with Gasteiger partial charge in [0.15, 0.2) is 0 Å². The fourth-order valence-corrected chi connectivity index (χ4v) is 4.96. The van der Waals surface area contributed by atoms with Gasteiger partial charge in [0.2, 0.25) is 5.91 Å². The van der Waals surface area contributed by atoms with Crippen LogP contribution in [0.25, 0.3) is 11.1 Å². The topological polar surface area (TPSA) is 114 Å². The monoisotopic (exact) mass is 538 g/mol. The first-order chi connectivity index (χ1) is 18.1. The molecule has 8 nitrogen and oxygen atoms in total. The normalized spacial score (nSPS) is 13.3. The molecule has 202 valence electrons. The number of benzene rings is 3. The molecular weight excluding hydrogens is 503 g/mol. The van der Waals surface area contributed by atoms with Crippen molar-refractivity contribution >= 4 is 19.5 Å². The van der Waals surface area contributed by atoms with Gasteiger partial charge >= 0.3 is 13.6 Å². The van der Waals surface area contributed by atoms with Gasteiger partial charge in [-0.3, -0.25) is 14.9 Å². The fraction of sp³-hybridized carbons (Fsp3) is 0.310. The van der Waals surface area contributed by atoms with Crippen molar-refractivity contribution in [1.82, 2.24) is 10.6 Å². The van der Waals surface area contributed by atoms with Gasteiger partial charge in [-0.05, 0) is 67.1 Å². The Hall–Kier alpha value is -3.45. The minimum Gasteiger partial charge on any atom is -0.466 e. The van der Waals surface area contributed by atoms with Crippen LogP contribution in [0.5, 0.6) is 5.75 Å². The molecule has 0 aliphatic heterocycles. The number of esters is 1. The van der Waals surface area contributed by atoms with E-state index in [9.17, 15) is 19.0 Å². The lowest BCUT2D eigenvalue weighted by atomic mass is 10.0. The van der Waals surface area contributed by atoms with Gasteiger partial charge < -0.3 is 19.5 Å². The van der Waals surface area contributed by atoms with E-state index < -0.39 is 31.8 Å². The number of aryl methyl sites for hydroxylation is 2. The van der Waals surface area contributed by atoms with Crippen LogP contribution in [0.2, 0.25) is 0 Å². The summed E-state index contributed by atoms with van der Waals surface area (Å²) in [5, 5.41) is 5.62. The quantitative estimate of drug-likeness (QED) is 0.212. The average Bonchev–Trinajstić information content (AvgIpc) is 2.86. The summed E-state index contributed by atoms with van der Waals surface area (Å²) < 4.78 is 23.1. The number of hydrogen-bond donors (Lipinski definition) is 3. The third kappa shape index (κ3) is 9.45. The number of nitrogens with one attached hydrogen (secondary N) is 2. The maximum absolute atomic E-state index is 13.0. The van der Waals surface area contributed by atoms with Crippen molar-refractivity contribution in [2.24, 2.45) is 0 Å². The van der Waals surface area contributed by atoms with Crippen molar-refractivity contribution < 1.29 is 28.3 Å². The number of amides is 1. The summed E-state index contributed by atoms with van der Waals surface area (Å²) in [4.78, 5) is 35.1. The molecule has 0 aliphatic carbocycles. The number of ether oxygens (including phenoxy) is 1. The maximum Gasteiger partial charge on any atom is 0.390 e. The van der Waals surface area contributed by atoms with E-state index in [1.807, 2.05) is 74.5 Å². The SMILES string of the molecule is CCOC(=O)CCNC(=O)[C@H](Cc1ccc(-c2ccccc2)cc1)NCP(=O)(O)Oc1cc(C)cc(C)c1. The summed E-state index contributed by atoms with van der Waals surface area (Å²) >= 11 is 0. The smallest absolute Gasteiger partial charge is 0.390 e. The summed E-state index contributed by atoms with van der Waals surface area (Å²) in [5.74, 6) is -0.509. The van der Waals surface area contributed by atoms with Crippen molar-refractivity contribution in [1.29, 1.82) is 0 Å². The molecule has 3 N–H and O–H groups in total. The molecule has 0 fully saturated rings. The van der Waals surface area contributed by atoms with Crippen LogP contribution < -0.4 is 15.2 Å². The number of carbonyl (C=O) groups excluding carboxylic acids is 2. The van der Waals surface area contributed by atoms with Gasteiger partial charge in [-0.1, -0.05) is 60.7 Å². The Morgan fingerprint density at radius 2 is 1.58 bits per heavy atom. The third-order valence-corrected chi connectivity index (χ3v) is 6.81. The predicted molar refractivity (Wildman–Crippen MR) is 148 cm³/mol. The van der Waals surface area contributed by atoms with Crippen LogP contribution in [0, 0.1) is 13.8 Å². The second-order valence-corrected chi connectivity index (χ2v) is 10.9. The average molecular weight is 539 g/mol. The third-order valence-electron chi connectivity index (χ3n) is 5.73. The van der Waals surface area contributed by atoms with Crippen molar-refractivity contribution in [2.45, 2.75) is 39.7 Å². The summed E-state index contributed by atoms with van der Waals surface area (Å²) in [6, 6.07) is 22.2. The van der Waals surface area contributed by atoms with Crippen molar-refractivity contribution in [3.63, 3.8) is 0 Å². The molecule has 3 aromatic rings. The van der Waals surface area contributed by atoms with Gasteiger partial charge in [0, 0.05) is 6.54 Å². The van der Waals surface area contributed by atoms with E-state index in [-0.39, 0.29) is 26.0 Å². The first-order valence-corrected chi connectivity index (χ1v) is 14.3. The molecule has 0 spiro atoms. The zero-order chi connectivity index (χ0) is 27.5. The molecule has 3 aromatic carbocycles. The highest BCUT2D eigenvalue weighted by Gasteiger charge is 2.26. The molecule has 0 heterocycles. The first-order valence-electron chi connectivity index (χ1n) is 12.6. The Morgan fingerprint density at radius 3 is 2.21 bits per heavy atom. The molecule has 0 saturated heterocycles. The highest BCUT2D eigenvalue weighted by atomic mass is 31.2. The van der Waals surface area contributed by atoms with E-state index in [1.165, 1.54) is 0 Å². The molecular formula is C29H35N2O6P. The molecule has 0 aliphatic rings. The predicted octanol–water partition coefficient (Wildman–Crippen LogP) is 4.76. The zero-order valence-corrected chi connectivity index (χ0v) is 22.9. The number of rotatable bonds is 13. The van der Waals surface area contributed by atoms with Gasteiger partial charge in [-0.15, -0.1) is 0 Å². The van der Waals surface area contributed by atoms with Gasteiger partial charge in [-0.25, -0.2) is 4.57 Å². The van der Waals surface area contributed by atoms with Gasteiger partial charge in [0.1, 0.15) is 12.0 Å². The molecule has 0 saturated carbocycles. The van der Waals surface area contributed by atoms with Crippen LogP contribution in [0.4, 0.5) is 0 Å². The number of carbonyl (C=O) groups is 2. The lowest BCUT2D eigenvalue weighted by Gasteiger charge is -2.21. The van der Waals surface area contributed by atoms with E-state index in [2.05, 4.69) is 10.6 Å². The second kappa shape index (κ2) is 13.9. The van der Waals surface area contributed by atoms with Crippen LogP contribution in [0.15, 0.2) is 72.8 Å². The Bertz CT molecular complexity index is 1240. The van der Waals surface area contributed by atoms with Crippen LogP contribution >= 0.6 is 7.60 Å². The lowest BCUT2D eigenvalue weighted by Crippen LogP contribution is -2.46. The minimum absolute atomic E-state index is 0.0341. The molecule has 2 atom stereocenters. The van der Waals surface area contributed by atoms with E-state index in [0.29, 0.717) is 5.75 Å². The van der Waals surface area contributed by atoms with E-state index in [0.717, 1.165) is 27.8 Å². The molecule has 1 amide bonds. The van der Waals surface area contributed by atoms with Gasteiger partial charge in [-0.2, -0.15) is 0 Å². The van der Waals surface area contributed by atoms with E-state index in [4.69, 9.17) is 9.26 Å². The second-order valence-electron chi connectivity index (χ2n) is 9.08. The van der Waals surface area contributed by atoms with Gasteiger partial charge in [0.05, 0.1) is 19.1 Å². The molecule has 1 unspecified atom stereocenters. The highest BCUT2D eigenvalue weighted by Crippen LogP contribution is 2.42. The molecule has 3 rings (SSSR count). The molecule has 0 aromatic heterocycles. The van der Waals surface area contributed by atoms with Crippen LogP contribution in [-0.4, -0.2) is 42.2 Å². The minimum atomic E-state index is -4.12. The summed E-state index contributed by atoms with van der Waals surface area (Å²) in [6.45, 7) is 5.83. The van der Waals surface area contributed by atoms with Crippen LogP contribution in [0.3, 0.4) is 0 Å². The summed E-state index contributed by atoms with van der Waals surface area (Å²) in [5.41, 5.74) is 4.80. The standard InChI is InChI=1S/C29H35N2O6P/c1-4-36-28(32)14-15-30-29(33)27(19-23-10-12-25(13-11-23)24-8-6-5-7-9-24)31-20-38(34,35)37-26-17-21(2)16-22(3)18-26/h5-13,16-18,27,31H,4,14-15,19-20H2,1-3H3,(H,30,33)(H,34,35)/t27-/m0/s1. The van der Waals surface area contributed by atoms with Gasteiger partial charge in [0.25, 0.3) is 0 Å². The summed E-state index contributed by atoms with van der Waals surface area (Å²) in [7, 11) is -4.12. The lowest BCUT2D eigenvalue weighted by molar-refractivity contribution is -0.143. The molecule has 0 bridgehead atoms. The molecule has 38 heavy (non-hydrogen) atoms. The summed E-state index contributed by atoms with van der Waals surface area (Å²) in [6.07, 6.45) is -0.131. The van der Waals surface area contributed by atoms with Crippen LogP contribution in [0.1, 0.15) is 30.0 Å². The Balaban J connectivity index is 1.69. The largest absolute Gasteiger partial charge is 0.466 e. The Morgan fingerprint density at radius 1 is 0.947 bits per heavy atom. The van der Waals surface area contributed by atoms with Crippen LogP contribution in [-0.2, 0) is 25.3 Å². The van der Waals surface area contributed by atoms with Crippen molar-refractivity contribution in [3.05, 3.63) is 89.5 Å². The molecule has 9 heteroatoms. The maximum atomic E-state index is 13.0. The highest BCUT2D eigenvalue weighted by molar-refractivity contribution is 7.53. The zero-order valence-electron chi connectivity index (χ0n) is 22.0. The Kier molecular flexibility index (Phi) is 10.7.